The van der Waals surface area contributed by atoms with Gasteiger partial charge in [-0.2, -0.15) is 0 Å². The number of aromatic nitrogens is 2. The zero-order valence-electron chi connectivity index (χ0n) is 7.46. The molecule has 13 heavy (non-hydrogen) atoms. The molecule has 1 N–H and O–H groups in total. The predicted octanol–water partition coefficient (Wildman–Crippen LogP) is 1.53. The topological polar surface area (TPSA) is 47.0 Å². The Morgan fingerprint density at radius 2 is 2.46 bits per heavy atom. The van der Waals surface area contributed by atoms with Crippen molar-refractivity contribution in [2.45, 2.75) is 6.42 Å². The van der Waals surface area contributed by atoms with Gasteiger partial charge in [0, 0.05) is 26.5 Å². The van der Waals surface area contributed by atoms with Crippen LogP contribution in [0.3, 0.4) is 0 Å². The minimum absolute atomic E-state index is 0.772. The van der Waals surface area contributed by atoms with Gasteiger partial charge in [-0.1, -0.05) is 0 Å². The second-order valence-electron chi connectivity index (χ2n) is 2.49. The molecule has 0 spiro atoms. The molecule has 0 radical (unpaired) electrons. The number of methoxy groups -OCH3 is 1. The molecule has 72 valence electrons. The molecule has 5 heteroatoms. The minimum Gasteiger partial charge on any atom is -0.385 e. The smallest absolute Gasteiger partial charge is 0.142 e. The largest absolute Gasteiger partial charge is 0.385 e. The summed E-state index contributed by atoms with van der Waals surface area (Å²) < 4.78 is 5.97. The highest BCUT2D eigenvalue weighted by Crippen LogP contribution is 2.11. The summed E-state index contributed by atoms with van der Waals surface area (Å²) in [6, 6.07) is 0. The van der Waals surface area contributed by atoms with Gasteiger partial charge < -0.3 is 10.1 Å². The van der Waals surface area contributed by atoms with Crippen molar-refractivity contribution in [2.24, 2.45) is 0 Å². The number of hydrogen-bond donors (Lipinski definition) is 1. The lowest BCUT2D eigenvalue weighted by atomic mass is 10.4. The van der Waals surface area contributed by atoms with Crippen LogP contribution in [0.15, 0.2) is 12.5 Å². The summed E-state index contributed by atoms with van der Waals surface area (Å²) in [5, 5.41) is 3.21. The fourth-order valence-corrected chi connectivity index (χ4v) is 1.36. The zero-order valence-corrected chi connectivity index (χ0v) is 9.61. The lowest BCUT2D eigenvalue weighted by Crippen LogP contribution is -2.07. The molecule has 0 atom stereocenters. The fourth-order valence-electron chi connectivity index (χ4n) is 0.866. The molecule has 1 aromatic rings. The molecule has 0 bridgehead atoms. The van der Waals surface area contributed by atoms with E-state index in [1.807, 2.05) is 0 Å². The molecule has 0 saturated heterocycles. The maximum atomic E-state index is 4.94. The van der Waals surface area contributed by atoms with Crippen molar-refractivity contribution < 1.29 is 4.74 Å². The lowest BCUT2D eigenvalue weighted by Gasteiger charge is -2.05. The predicted molar refractivity (Wildman–Crippen MR) is 59.7 cm³/mol. The molecule has 1 aromatic heterocycles. The molecular formula is C8H12IN3O. The Balaban J connectivity index is 2.32. The second-order valence-corrected chi connectivity index (χ2v) is 3.65. The van der Waals surface area contributed by atoms with E-state index in [0.717, 1.165) is 29.0 Å². The zero-order chi connectivity index (χ0) is 9.52. The van der Waals surface area contributed by atoms with E-state index in [1.165, 1.54) is 0 Å². The third kappa shape index (κ3) is 3.86. The number of nitrogens with one attached hydrogen (secondary N) is 1. The summed E-state index contributed by atoms with van der Waals surface area (Å²) in [6.45, 7) is 1.65. The van der Waals surface area contributed by atoms with Crippen LogP contribution >= 0.6 is 22.6 Å². The maximum Gasteiger partial charge on any atom is 0.142 e. The Hall–Kier alpha value is -0.430. The summed E-state index contributed by atoms with van der Waals surface area (Å²) in [6.07, 6.45) is 4.31. The SMILES string of the molecule is COCCCNc1ncncc1I. The Labute approximate surface area is 91.3 Å². The van der Waals surface area contributed by atoms with Crippen molar-refractivity contribution in [3.63, 3.8) is 0 Å². The van der Waals surface area contributed by atoms with Crippen molar-refractivity contribution >= 4 is 28.4 Å². The van der Waals surface area contributed by atoms with E-state index in [1.54, 1.807) is 19.6 Å². The molecule has 1 rings (SSSR count). The van der Waals surface area contributed by atoms with E-state index in [0.29, 0.717) is 0 Å². The second kappa shape index (κ2) is 6.09. The van der Waals surface area contributed by atoms with Crippen LogP contribution in [0.1, 0.15) is 6.42 Å². The standard InChI is InChI=1S/C8H12IN3O/c1-13-4-2-3-11-8-7(9)5-10-6-12-8/h5-6H,2-4H2,1H3,(H,10,11,12). The van der Waals surface area contributed by atoms with Crippen LogP contribution in [0.2, 0.25) is 0 Å². The summed E-state index contributed by atoms with van der Waals surface area (Å²) in [4.78, 5) is 8.01. The fraction of sp³-hybridized carbons (Fsp3) is 0.500. The Bertz CT molecular complexity index is 257. The molecule has 0 aliphatic carbocycles. The van der Waals surface area contributed by atoms with Gasteiger partial charge in [-0.05, 0) is 29.0 Å². The summed E-state index contributed by atoms with van der Waals surface area (Å²) in [5.74, 6) is 0.895. The maximum absolute atomic E-state index is 4.94. The molecular weight excluding hydrogens is 281 g/mol. The average Bonchev–Trinajstić information content (AvgIpc) is 2.15. The Morgan fingerprint density at radius 3 is 3.15 bits per heavy atom. The lowest BCUT2D eigenvalue weighted by molar-refractivity contribution is 0.197. The van der Waals surface area contributed by atoms with Gasteiger partial charge in [0.05, 0.1) is 3.57 Å². The molecule has 0 aromatic carbocycles. The van der Waals surface area contributed by atoms with E-state index < -0.39 is 0 Å². The first-order valence-electron chi connectivity index (χ1n) is 4.03. The van der Waals surface area contributed by atoms with Gasteiger partial charge in [0.2, 0.25) is 0 Å². The number of halogens is 1. The van der Waals surface area contributed by atoms with Gasteiger partial charge in [0.15, 0.2) is 0 Å². The number of rotatable bonds is 5. The summed E-state index contributed by atoms with van der Waals surface area (Å²) in [7, 11) is 1.70. The van der Waals surface area contributed by atoms with Crippen LogP contribution < -0.4 is 5.32 Å². The van der Waals surface area contributed by atoms with E-state index in [-0.39, 0.29) is 0 Å². The average molecular weight is 293 g/mol. The number of anilines is 1. The van der Waals surface area contributed by atoms with Crippen LogP contribution in [0.25, 0.3) is 0 Å². The Morgan fingerprint density at radius 1 is 1.62 bits per heavy atom. The summed E-state index contributed by atoms with van der Waals surface area (Å²) in [5.41, 5.74) is 0. The molecule has 0 saturated carbocycles. The van der Waals surface area contributed by atoms with Crippen molar-refractivity contribution in [1.29, 1.82) is 0 Å². The van der Waals surface area contributed by atoms with Crippen LogP contribution in [0.5, 0.6) is 0 Å². The molecule has 1 heterocycles. The molecule has 0 amide bonds. The van der Waals surface area contributed by atoms with Gasteiger partial charge in [-0.3, -0.25) is 0 Å². The first-order valence-corrected chi connectivity index (χ1v) is 5.11. The first kappa shape index (κ1) is 10.6. The quantitative estimate of drug-likeness (QED) is 0.660. The normalized spacial score (nSPS) is 10.0. The molecule has 0 unspecified atom stereocenters. The van der Waals surface area contributed by atoms with Gasteiger partial charge >= 0.3 is 0 Å². The van der Waals surface area contributed by atoms with Gasteiger partial charge in [-0.15, -0.1) is 0 Å². The molecule has 4 nitrogen and oxygen atoms in total. The van der Waals surface area contributed by atoms with Gasteiger partial charge in [0.1, 0.15) is 12.1 Å². The van der Waals surface area contributed by atoms with Crippen molar-refractivity contribution in [1.82, 2.24) is 9.97 Å². The number of ether oxygens (including phenoxy) is 1. The number of nitrogens with zero attached hydrogens (tertiary/aromatic N) is 2. The molecule has 0 aliphatic heterocycles. The number of hydrogen-bond acceptors (Lipinski definition) is 4. The Kier molecular flexibility index (Phi) is 4.99. The van der Waals surface area contributed by atoms with Gasteiger partial charge in [0.25, 0.3) is 0 Å². The third-order valence-corrected chi connectivity index (χ3v) is 2.27. The van der Waals surface area contributed by atoms with E-state index >= 15 is 0 Å². The highest BCUT2D eigenvalue weighted by Gasteiger charge is 1.97. The highest BCUT2D eigenvalue weighted by atomic mass is 127. The monoisotopic (exact) mass is 293 g/mol. The van der Waals surface area contributed by atoms with E-state index in [9.17, 15) is 0 Å². The molecule has 0 aliphatic rings. The highest BCUT2D eigenvalue weighted by molar-refractivity contribution is 14.1. The minimum atomic E-state index is 0.772. The molecule has 0 fully saturated rings. The van der Waals surface area contributed by atoms with E-state index in [2.05, 4.69) is 37.9 Å². The van der Waals surface area contributed by atoms with Crippen LogP contribution in [-0.4, -0.2) is 30.2 Å². The van der Waals surface area contributed by atoms with Crippen LogP contribution in [0, 0.1) is 3.57 Å². The van der Waals surface area contributed by atoms with Gasteiger partial charge in [-0.25, -0.2) is 9.97 Å². The summed E-state index contributed by atoms with van der Waals surface area (Å²) >= 11 is 2.20. The van der Waals surface area contributed by atoms with Crippen LogP contribution in [-0.2, 0) is 4.74 Å². The van der Waals surface area contributed by atoms with Crippen molar-refractivity contribution in [2.75, 3.05) is 25.6 Å². The van der Waals surface area contributed by atoms with Crippen molar-refractivity contribution in [3.8, 4) is 0 Å². The van der Waals surface area contributed by atoms with E-state index in [4.69, 9.17) is 4.74 Å². The first-order chi connectivity index (χ1) is 6.34. The third-order valence-electron chi connectivity index (χ3n) is 1.49. The van der Waals surface area contributed by atoms with Crippen LogP contribution in [0.4, 0.5) is 5.82 Å². The van der Waals surface area contributed by atoms with Crippen molar-refractivity contribution in [3.05, 3.63) is 16.1 Å².